The van der Waals surface area contributed by atoms with Crippen molar-refractivity contribution in [2.75, 3.05) is 0 Å². The summed E-state index contributed by atoms with van der Waals surface area (Å²) in [6, 6.07) is 14.7. The van der Waals surface area contributed by atoms with Gasteiger partial charge in [-0.2, -0.15) is 8.42 Å². The predicted molar refractivity (Wildman–Crippen MR) is 98.0 cm³/mol. The van der Waals surface area contributed by atoms with Crippen molar-refractivity contribution in [1.82, 2.24) is 0 Å². The van der Waals surface area contributed by atoms with Crippen LogP contribution < -0.4 is 4.74 Å². The lowest BCUT2D eigenvalue weighted by molar-refractivity contribution is 0.360. The van der Waals surface area contributed by atoms with Gasteiger partial charge in [0.25, 0.3) is 10.1 Å². The largest absolute Gasteiger partial charge is 0.457 e. The Hall–Kier alpha value is -1.70. The maximum atomic E-state index is 11.2. The molecule has 0 saturated heterocycles. The summed E-state index contributed by atoms with van der Waals surface area (Å²) in [6.07, 6.45) is 0.229. The van der Waals surface area contributed by atoms with Gasteiger partial charge in [0.15, 0.2) is 4.99 Å². The summed E-state index contributed by atoms with van der Waals surface area (Å²) in [5.74, 6) is 1.29. The minimum atomic E-state index is -4.94. The highest BCUT2D eigenvalue weighted by Gasteiger charge is 2.38. The van der Waals surface area contributed by atoms with Crippen LogP contribution in [0.3, 0.4) is 0 Å². The first-order valence-corrected chi connectivity index (χ1v) is 11.1. The van der Waals surface area contributed by atoms with Crippen molar-refractivity contribution in [2.24, 2.45) is 0 Å². The molecule has 2 rings (SSSR count). The van der Waals surface area contributed by atoms with Crippen LogP contribution in [-0.4, -0.2) is 27.7 Å². The highest BCUT2D eigenvalue weighted by molar-refractivity contribution is 7.93. The van der Waals surface area contributed by atoms with Crippen molar-refractivity contribution in [3.05, 3.63) is 59.7 Å². The van der Waals surface area contributed by atoms with Gasteiger partial charge >= 0.3 is 7.60 Å². The summed E-state index contributed by atoms with van der Waals surface area (Å²) in [5, 5.41) is 0. The maximum Gasteiger partial charge on any atom is 0.346 e. The topological polar surface area (TPSA) is 121 Å². The fraction of sp³-hybridized carbons (Fsp3) is 0.294. The molecule has 2 aromatic carbocycles. The van der Waals surface area contributed by atoms with Crippen LogP contribution in [0, 0.1) is 6.92 Å². The van der Waals surface area contributed by atoms with Crippen molar-refractivity contribution >= 4 is 17.7 Å². The summed E-state index contributed by atoms with van der Waals surface area (Å²) < 4.78 is 48.3. The lowest BCUT2D eigenvalue weighted by Crippen LogP contribution is -2.20. The predicted octanol–water partition coefficient (Wildman–Crippen LogP) is 3.50. The summed E-state index contributed by atoms with van der Waals surface area (Å²) in [6.45, 7) is 1.97. The summed E-state index contributed by atoms with van der Waals surface area (Å²) in [4.78, 5) is 16.1. The van der Waals surface area contributed by atoms with E-state index in [1.807, 2.05) is 37.3 Å². The summed E-state index contributed by atoms with van der Waals surface area (Å²) in [7, 11) is -9.76. The molecular weight excluding hydrogens is 379 g/mol. The van der Waals surface area contributed by atoms with Crippen molar-refractivity contribution in [3.8, 4) is 11.5 Å². The van der Waals surface area contributed by atoms with E-state index in [2.05, 4.69) is 0 Å². The molecule has 0 aliphatic carbocycles. The number of hydrogen-bond donors (Lipinski definition) is 3. The molecule has 0 aliphatic heterocycles. The molecule has 0 saturated carbocycles. The molecular formula is C17H21O7PS. The lowest BCUT2D eigenvalue weighted by atomic mass is 10.1. The van der Waals surface area contributed by atoms with Crippen molar-refractivity contribution < 1.29 is 32.1 Å². The Morgan fingerprint density at radius 3 is 2.31 bits per heavy atom. The fourth-order valence-electron chi connectivity index (χ4n) is 2.48. The third-order valence-corrected chi connectivity index (χ3v) is 7.35. The number of aryl methyl sites for hydroxylation is 2. The van der Waals surface area contributed by atoms with E-state index in [0.29, 0.717) is 17.9 Å². The Morgan fingerprint density at radius 1 is 1.08 bits per heavy atom. The highest BCUT2D eigenvalue weighted by Crippen LogP contribution is 2.46. The zero-order valence-corrected chi connectivity index (χ0v) is 15.9. The van der Waals surface area contributed by atoms with E-state index >= 15 is 0 Å². The van der Waals surface area contributed by atoms with Gasteiger partial charge < -0.3 is 14.5 Å². The van der Waals surface area contributed by atoms with Gasteiger partial charge in [-0.05, 0) is 56.0 Å². The van der Waals surface area contributed by atoms with E-state index in [1.54, 1.807) is 18.2 Å². The lowest BCUT2D eigenvalue weighted by Gasteiger charge is -2.15. The number of ether oxygens (including phenoxy) is 1. The Bertz CT molecular complexity index is 888. The van der Waals surface area contributed by atoms with Gasteiger partial charge in [-0.25, -0.2) is 0 Å². The molecule has 0 amide bonds. The molecule has 1 unspecified atom stereocenters. The summed E-state index contributed by atoms with van der Waals surface area (Å²) in [5.41, 5.74) is 1.94. The summed E-state index contributed by atoms with van der Waals surface area (Å²) >= 11 is 0. The van der Waals surface area contributed by atoms with Crippen LogP contribution in [0.15, 0.2) is 48.5 Å². The zero-order valence-electron chi connectivity index (χ0n) is 14.1. The van der Waals surface area contributed by atoms with E-state index < -0.39 is 22.7 Å². The van der Waals surface area contributed by atoms with Crippen LogP contribution >= 0.6 is 7.60 Å². The molecule has 26 heavy (non-hydrogen) atoms. The monoisotopic (exact) mass is 400 g/mol. The Balaban J connectivity index is 2.00. The first-order valence-electron chi connectivity index (χ1n) is 7.91. The van der Waals surface area contributed by atoms with Crippen molar-refractivity contribution in [2.45, 2.75) is 31.2 Å². The molecule has 2 aromatic rings. The second-order valence-corrected chi connectivity index (χ2v) is 9.76. The standard InChI is InChI=1S/C17H21O7PS/c1-13-8-10-15(11-9-13)24-16-6-2-4-14(12-16)5-3-7-17(25(18,19)20)26(21,22)23/h2,4,6,8-12,17H,3,5,7H2,1H3,(H2,18,19,20)(H,21,22,23). The van der Waals surface area contributed by atoms with Crippen LogP contribution in [0.1, 0.15) is 24.0 Å². The molecule has 9 heteroatoms. The van der Waals surface area contributed by atoms with Crippen LogP contribution in [0.25, 0.3) is 0 Å². The minimum Gasteiger partial charge on any atom is -0.457 e. The molecule has 0 aliphatic rings. The second kappa shape index (κ2) is 8.33. The van der Waals surface area contributed by atoms with Gasteiger partial charge in [-0.1, -0.05) is 29.8 Å². The molecule has 142 valence electrons. The van der Waals surface area contributed by atoms with E-state index in [9.17, 15) is 13.0 Å². The van der Waals surface area contributed by atoms with Crippen LogP contribution in [-0.2, 0) is 21.1 Å². The normalized spacial score (nSPS) is 13.4. The number of hydrogen-bond acceptors (Lipinski definition) is 4. The van der Waals surface area contributed by atoms with Crippen LogP contribution in [0.2, 0.25) is 0 Å². The van der Waals surface area contributed by atoms with Crippen molar-refractivity contribution in [1.29, 1.82) is 0 Å². The maximum absolute atomic E-state index is 11.2. The molecule has 0 heterocycles. The Kier molecular flexibility index (Phi) is 6.60. The Morgan fingerprint density at radius 2 is 1.73 bits per heavy atom. The van der Waals surface area contributed by atoms with E-state index in [4.69, 9.17) is 19.1 Å². The minimum absolute atomic E-state index is 0.184. The average Bonchev–Trinajstić information content (AvgIpc) is 2.52. The third-order valence-electron chi connectivity index (χ3n) is 3.79. The third kappa shape index (κ3) is 6.23. The molecule has 1 atom stereocenters. The molecule has 0 aromatic heterocycles. The van der Waals surface area contributed by atoms with E-state index in [-0.39, 0.29) is 12.8 Å². The zero-order chi connectivity index (χ0) is 19.4. The van der Waals surface area contributed by atoms with Crippen LogP contribution in [0.5, 0.6) is 11.5 Å². The van der Waals surface area contributed by atoms with Crippen molar-refractivity contribution in [3.63, 3.8) is 0 Å². The highest BCUT2D eigenvalue weighted by atomic mass is 32.2. The second-order valence-electron chi connectivity index (χ2n) is 6.01. The van der Waals surface area contributed by atoms with Gasteiger partial charge in [0.05, 0.1) is 0 Å². The van der Waals surface area contributed by atoms with E-state index in [0.717, 1.165) is 11.1 Å². The molecule has 0 spiro atoms. The number of rotatable bonds is 8. The first kappa shape index (κ1) is 20.6. The number of benzene rings is 2. The SMILES string of the molecule is Cc1ccc(Oc2cccc(CCCC(P(=O)(O)O)S(=O)(=O)O)c2)cc1. The molecule has 7 nitrogen and oxygen atoms in total. The Labute approximate surface area is 152 Å². The van der Waals surface area contributed by atoms with Gasteiger partial charge in [0.2, 0.25) is 0 Å². The van der Waals surface area contributed by atoms with Gasteiger partial charge in [-0.3, -0.25) is 9.12 Å². The van der Waals surface area contributed by atoms with Crippen LogP contribution in [0.4, 0.5) is 0 Å². The molecule has 3 N–H and O–H groups in total. The quantitative estimate of drug-likeness (QED) is 0.458. The smallest absolute Gasteiger partial charge is 0.346 e. The van der Waals surface area contributed by atoms with E-state index in [1.165, 1.54) is 0 Å². The van der Waals surface area contributed by atoms with Gasteiger partial charge in [0.1, 0.15) is 11.5 Å². The molecule has 0 fully saturated rings. The average molecular weight is 400 g/mol. The van der Waals surface area contributed by atoms with Gasteiger partial charge in [-0.15, -0.1) is 0 Å². The molecule has 0 bridgehead atoms. The fourth-order valence-corrected chi connectivity index (χ4v) is 4.85. The van der Waals surface area contributed by atoms with Gasteiger partial charge in [0, 0.05) is 0 Å². The first-order chi connectivity index (χ1) is 12.1. The molecule has 0 radical (unpaired) electrons.